The highest BCUT2D eigenvalue weighted by Gasteiger charge is 2.04. The van der Waals surface area contributed by atoms with Crippen LogP contribution in [0.25, 0.3) is 0 Å². The van der Waals surface area contributed by atoms with E-state index < -0.39 is 0 Å². The molecule has 0 aliphatic rings. The molecule has 2 rings (SSSR count). The lowest BCUT2D eigenvalue weighted by Gasteiger charge is -2.10. The molecule has 1 aromatic heterocycles. The third kappa shape index (κ3) is 2.68. The van der Waals surface area contributed by atoms with Crippen LogP contribution in [0.15, 0.2) is 24.3 Å². The number of hydrogen-bond acceptors (Lipinski definition) is 5. The summed E-state index contributed by atoms with van der Waals surface area (Å²) in [6.07, 6.45) is 0. The van der Waals surface area contributed by atoms with Gasteiger partial charge in [-0.3, -0.25) is 0 Å². The van der Waals surface area contributed by atoms with E-state index in [0.717, 1.165) is 22.6 Å². The number of hydrogen-bond donors (Lipinski definition) is 2. The lowest BCUT2D eigenvalue weighted by atomic mass is 10.2. The number of rotatable bonds is 3. The van der Waals surface area contributed by atoms with Crippen molar-refractivity contribution >= 4 is 17.3 Å². The van der Waals surface area contributed by atoms with Gasteiger partial charge in [0, 0.05) is 23.1 Å². The third-order valence-electron chi connectivity index (χ3n) is 2.54. The maximum atomic E-state index is 5.71. The Bertz CT molecular complexity index is 569. The minimum atomic E-state index is 0.514. The minimum Gasteiger partial charge on any atom is -0.481 e. The van der Waals surface area contributed by atoms with Gasteiger partial charge in [0.25, 0.3) is 0 Å². The first-order chi connectivity index (χ1) is 8.58. The number of nitrogens with one attached hydrogen (secondary N) is 1. The number of ether oxygens (including phenoxy) is 1. The van der Waals surface area contributed by atoms with Crippen molar-refractivity contribution in [2.45, 2.75) is 13.8 Å². The molecule has 0 unspecified atom stereocenters. The first-order valence-electron chi connectivity index (χ1n) is 5.61. The first kappa shape index (κ1) is 12.2. The molecule has 94 valence electrons. The molecule has 0 amide bonds. The molecule has 3 N–H and O–H groups in total. The van der Waals surface area contributed by atoms with Gasteiger partial charge in [0.1, 0.15) is 0 Å². The number of anilines is 3. The average Bonchev–Trinajstić information content (AvgIpc) is 2.32. The van der Waals surface area contributed by atoms with E-state index in [4.69, 9.17) is 10.5 Å². The van der Waals surface area contributed by atoms with Crippen LogP contribution in [0.3, 0.4) is 0 Å². The van der Waals surface area contributed by atoms with Crippen LogP contribution < -0.4 is 15.8 Å². The van der Waals surface area contributed by atoms with Gasteiger partial charge in [-0.2, -0.15) is 4.98 Å². The van der Waals surface area contributed by atoms with E-state index in [1.54, 1.807) is 13.2 Å². The predicted molar refractivity (Wildman–Crippen MR) is 72.2 cm³/mol. The highest BCUT2D eigenvalue weighted by atomic mass is 16.5. The van der Waals surface area contributed by atoms with E-state index in [1.807, 2.05) is 32.0 Å². The second-order valence-electron chi connectivity index (χ2n) is 4.07. The standard InChI is InChI=1S/C13H16N4O/c1-8-6-10(14)4-5-11(8)16-13-15-9(2)7-12(17-13)18-3/h4-7H,14H2,1-3H3,(H,15,16,17). The van der Waals surface area contributed by atoms with Crippen LogP contribution in [0.1, 0.15) is 11.3 Å². The van der Waals surface area contributed by atoms with Gasteiger partial charge in [-0.15, -0.1) is 0 Å². The highest BCUT2D eigenvalue weighted by molar-refractivity contribution is 5.62. The Morgan fingerprint density at radius 1 is 1.17 bits per heavy atom. The van der Waals surface area contributed by atoms with E-state index in [-0.39, 0.29) is 0 Å². The molecule has 0 fully saturated rings. The monoisotopic (exact) mass is 244 g/mol. The van der Waals surface area contributed by atoms with Crippen molar-refractivity contribution < 1.29 is 4.74 Å². The molecule has 0 atom stereocenters. The molecular weight excluding hydrogens is 228 g/mol. The van der Waals surface area contributed by atoms with Crippen molar-refractivity contribution in [2.75, 3.05) is 18.2 Å². The molecule has 0 bridgehead atoms. The summed E-state index contributed by atoms with van der Waals surface area (Å²) in [7, 11) is 1.58. The Hall–Kier alpha value is -2.30. The summed E-state index contributed by atoms with van der Waals surface area (Å²) >= 11 is 0. The van der Waals surface area contributed by atoms with Gasteiger partial charge in [-0.05, 0) is 37.6 Å². The van der Waals surface area contributed by atoms with Crippen molar-refractivity contribution in [1.29, 1.82) is 0 Å². The van der Waals surface area contributed by atoms with Crippen molar-refractivity contribution in [2.24, 2.45) is 0 Å². The van der Waals surface area contributed by atoms with Gasteiger partial charge in [0.2, 0.25) is 11.8 Å². The van der Waals surface area contributed by atoms with Gasteiger partial charge >= 0.3 is 0 Å². The number of nitrogens with two attached hydrogens (primary N) is 1. The Balaban J connectivity index is 2.30. The molecular formula is C13H16N4O. The second-order valence-corrected chi connectivity index (χ2v) is 4.07. The van der Waals surface area contributed by atoms with Crippen molar-refractivity contribution in [1.82, 2.24) is 9.97 Å². The molecule has 0 spiro atoms. The van der Waals surface area contributed by atoms with E-state index in [2.05, 4.69) is 15.3 Å². The van der Waals surface area contributed by atoms with E-state index >= 15 is 0 Å². The van der Waals surface area contributed by atoms with Gasteiger partial charge < -0.3 is 15.8 Å². The molecule has 1 aromatic carbocycles. The maximum absolute atomic E-state index is 5.71. The molecule has 0 aliphatic heterocycles. The zero-order chi connectivity index (χ0) is 13.1. The summed E-state index contributed by atoms with van der Waals surface area (Å²) in [6, 6.07) is 7.42. The summed E-state index contributed by atoms with van der Waals surface area (Å²) in [5.41, 5.74) is 9.26. The molecule has 0 radical (unpaired) electrons. The quantitative estimate of drug-likeness (QED) is 0.811. The minimum absolute atomic E-state index is 0.514. The molecule has 2 aromatic rings. The van der Waals surface area contributed by atoms with Gasteiger partial charge in [0.15, 0.2) is 0 Å². The number of methoxy groups -OCH3 is 1. The Labute approximate surface area is 106 Å². The van der Waals surface area contributed by atoms with Crippen molar-refractivity contribution in [3.63, 3.8) is 0 Å². The number of aryl methyl sites for hydroxylation is 2. The van der Waals surface area contributed by atoms with E-state index in [1.165, 1.54) is 0 Å². The molecule has 1 heterocycles. The Morgan fingerprint density at radius 3 is 2.61 bits per heavy atom. The number of aromatic nitrogens is 2. The fourth-order valence-electron chi connectivity index (χ4n) is 1.65. The second kappa shape index (κ2) is 4.91. The lowest BCUT2D eigenvalue weighted by Crippen LogP contribution is -2.02. The van der Waals surface area contributed by atoms with Crippen LogP contribution in [0.5, 0.6) is 5.88 Å². The molecule has 0 saturated heterocycles. The Kier molecular flexibility index (Phi) is 3.32. The summed E-state index contributed by atoms with van der Waals surface area (Å²) < 4.78 is 5.11. The summed E-state index contributed by atoms with van der Waals surface area (Å²) in [5.74, 6) is 1.05. The molecule has 0 saturated carbocycles. The summed E-state index contributed by atoms with van der Waals surface area (Å²) in [5, 5.41) is 3.16. The maximum Gasteiger partial charge on any atom is 0.230 e. The molecule has 5 nitrogen and oxygen atoms in total. The molecule has 18 heavy (non-hydrogen) atoms. The highest BCUT2D eigenvalue weighted by Crippen LogP contribution is 2.21. The summed E-state index contributed by atoms with van der Waals surface area (Å²) in [6.45, 7) is 3.87. The fraction of sp³-hybridized carbons (Fsp3) is 0.231. The molecule has 5 heteroatoms. The van der Waals surface area contributed by atoms with Crippen LogP contribution in [0.4, 0.5) is 17.3 Å². The van der Waals surface area contributed by atoms with Crippen LogP contribution >= 0.6 is 0 Å². The SMILES string of the molecule is COc1cc(C)nc(Nc2ccc(N)cc2C)n1. The zero-order valence-electron chi connectivity index (χ0n) is 10.7. The lowest BCUT2D eigenvalue weighted by molar-refractivity contribution is 0.397. The topological polar surface area (TPSA) is 73.1 Å². The van der Waals surface area contributed by atoms with Crippen LogP contribution in [0, 0.1) is 13.8 Å². The average molecular weight is 244 g/mol. The normalized spacial score (nSPS) is 10.2. The number of benzene rings is 1. The van der Waals surface area contributed by atoms with Crippen molar-refractivity contribution in [3.8, 4) is 5.88 Å². The number of nitrogens with zero attached hydrogens (tertiary/aromatic N) is 2. The number of nitrogen functional groups attached to an aromatic ring is 1. The smallest absolute Gasteiger partial charge is 0.230 e. The Morgan fingerprint density at radius 2 is 1.94 bits per heavy atom. The predicted octanol–water partition coefficient (Wildman–Crippen LogP) is 2.43. The molecule has 0 aliphatic carbocycles. The largest absolute Gasteiger partial charge is 0.481 e. The van der Waals surface area contributed by atoms with E-state index in [0.29, 0.717) is 11.8 Å². The van der Waals surface area contributed by atoms with E-state index in [9.17, 15) is 0 Å². The van der Waals surface area contributed by atoms with Gasteiger partial charge in [-0.1, -0.05) is 0 Å². The van der Waals surface area contributed by atoms with Gasteiger partial charge in [-0.25, -0.2) is 4.98 Å². The van der Waals surface area contributed by atoms with Crippen LogP contribution in [0.2, 0.25) is 0 Å². The zero-order valence-corrected chi connectivity index (χ0v) is 10.7. The fourth-order valence-corrected chi connectivity index (χ4v) is 1.65. The van der Waals surface area contributed by atoms with Crippen molar-refractivity contribution in [3.05, 3.63) is 35.5 Å². The van der Waals surface area contributed by atoms with Crippen LogP contribution in [-0.2, 0) is 0 Å². The van der Waals surface area contributed by atoms with Gasteiger partial charge in [0.05, 0.1) is 7.11 Å². The third-order valence-corrected chi connectivity index (χ3v) is 2.54. The van der Waals surface area contributed by atoms with Crippen LogP contribution in [-0.4, -0.2) is 17.1 Å². The summed E-state index contributed by atoms with van der Waals surface area (Å²) in [4.78, 5) is 8.54. The first-order valence-corrected chi connectivity index (χ1v) is 5.61.